The molecular formula is C9H14O2. The van der Waals surface area contributed by atoms with E-state index in [1.54, 1.807) is 19.1 Å². The number of allylic oxidation sites excluding steroid dienone is 3. The number of aliphatic hydroxyl groups excluding tert-OH is 1. The molecule has 0 aromatic carbocycles. The van der Waals surface area contributed by atoms with Gasteiger partial charge in [-0.05, 0) is 13.3 Å². The van der Waals surface area contributed by atoms with Crippen LogP contribution < -0.4 is 0 Å². The van der Waals surface area contributed by atoms with Gasteiger partial charge in [0.1, 0.15) is 6.61 Å². The molecule has 2 nitrogen and oxygen atoms in total. The quantitative estimate of drug-likeness (QED) is 0.491. The van der Waals surface area contributed by atoms with Crippen molar-refractivity contribution in [3.63, 3.8) is 0 Å². The van der Waals surface area contributed by atoms with Gasteiger partial charge in [-0.1, -0.05) is 25.2 Å². The van der Waals surface area contributed by atoms with Gasteiger partial charge in [-0.25, -0.2) is 0 Å². The number of hydrogen-bond donors (Lipinski definition) is 1. The normalized spacial score (nSPS) is 12.5. The zero-order chi connectivity index (χ0) is 8.69. The summed E-state index contributed by atoms with van der Waals surface area (Å²) in [6.07, 6.45) is 6.22. The summed E-state index contributed by atoms with van der Waals surface area (Å²) in [7, 11) is 0. The number of carbonyl (C=O) groups is 1. The van der Waals surface area contributed by atoms with Crippen LogP contribution in [-0.4, -0.2) is 17.5 Å². The van der Waals surface area contributed by atoms with Crippen molar-refractivity contribution < 1.29 is 9.90 Å². The maximum Gasteiger partial charge on any atom is 0.187 e. The molecule has 0 saturated heterocycles. The first-order valence-electron chi connectivity index (χ1n) is 3.73. The highest BCUT2D eigenvalue weighted by Gasteiger charge is 2.01. The fourth-order valence-corrected chi connectivity index (χ4v) is 0.686. The monoisotopic (exact) mass is 154 g/mol. The summed E-state index contributed by atoms with van der Waals surface area (Å²) < 4.78 is 0. The number of carbonyl (C=O) groups excluding carboxylic acids is 1. The van der Waals surface area contributed by atoms with Crippen LogP contribution in [0.2, 0.25) is 0 Å². The lowest BCUT2D eigenvalue weighted by Crippen LogP contribution is -2.05. The maximum absolute atomic E-state index is 10.9. The van der Waals surface area contributed by atoms with Crippen LogP contribution in [-0.2, 0) is 4.79 Å². The third-order valence-electron chi connectivity index (χ3n) is 1.31. The summed E-state index contributed by atoms with van der Waals surface area (Å²) in [5.41, 5.74) is 0.578. The Morgan fingerprint density at radius 2 is 2.18 bits per heavy atom. The summed E-state index contributed by atoms with van der Waals surface area (Å²) in [5, 5.41) is 8.51. The van der Waals surface area contributed by atoms with E-state index in [1.165, 1.54) is 0 Å². The van der Waals surface area contributed by atoms with Crippen LogP contribution in [0.1, 0.15) is 20.3 Å². The van der Waals surface area contributed by atoms with Crippen molar-refractivity contribution in [1.82, 2.24) is 0 Å². The molecule has 0 aromatic rings. The van der Waals surface area contributed by atoms with Gasteiger partial charge in [-0.15, -0.1) is 0 Å². The van der Waals surface area contributed by atoms with Crippen LogP contribution in [0.15, 0.2) is 23.8 Å². The molecule has 0 bridgehead atoms. The lowest BCUT2D eigenvalue weighted by molar-refractivity contribution is -0.117. The SMILES string of the molecule is C/C=C(\C=C/CC)C(=O)CO. The van der Waals surface area contributed by atoms with E-state index < -0.39 is 6.61 Å². The molecule has 11 heavy (non-hydrogen) atoms. The van der Waals surface area contributed by atoms with Crippen molar-refractivity contribution in [3.05, 3.63) is 23.8 Å². The number of ketones is 1. The van der Waals surface area contributed by atoms with Crippen LogP contribution in [0.25, 0.3) is 0 Å². The second kappa shape index (κ2) is 5.86. The van der Waals surface area contributed by atoms with E-state index in [-0.39, 0.29) is 5.78 Å². The molecule has 0 aliphatic heterocycles. The molecule has 0 atom stereocenters. The van der Waals surface area contributed by atoms with Crippen molar-refractivity contribution in [1.29, 1.82) is 0 Å². The van der Waals surface area contributed by atoms with Gasteiger partial charge < -0.3 is 5.11 Å². The molecule has 0 amide bonds. The van der Waals surface area contributed by atoms with Gasteiger partial charge in [-0.3, -0.25) is 4.79 Å². The van der Waals surface area contributed by atoms with Crippen LogP contribution in [0.5, 0.6) is 0 Å². The van der Waals surface area contributed by atoms with Crippen molar-refractivity contribution in [2.24, 2.45) is 0 Å². The predicted octanol–water partition coefficient (Wildman–Crippen LogP) is 1.46. The lowest BCUT2D eigenvalue weighted by Gasteiger charge is -1.94. The molecule has 0 aliphatic rings. The number of hydrogen-bond acceptors (Lipinski definition) is 2. The highest BCUT2D eigenvalue weighted by atomic mass is 16.3. The molecule has 2 heteroatoms. The molecule has 0 heterocycles. The number of aliphatic hydroxyl groups is 1. The van der Waals surface area contributed by atoms with Crippen molar-refractivity contribution in [3.8, 4) is 0 Å². The van der Waals surface area contributed by atoms with Crippen molar-refractivity contribution in [2.75, 3.05) is 6.61 Å². The van der Waals surface area contributed by atoms with Gasteiger partial charge in [0, 0.05) is 5.57 Å². The van der Waals surface area contributed by atoms with Crippen molar-refractivity contribution in [2.45, 2.75) is 20.3 Å². The van der Waals surface area contributed by atoms with E-state index in [0.29, 0.717) is 5.57 Å². The molecule has 0 spiro atoms. The van der Waals surface area contributed by atoms with E-state index in [0.717, 1.165) is 6.42 Å². The van der Waals surface area contributed by atoms with E-state index in [1.807, 2.05) is 13.0 Å². The number of rotatable bonds is 4. The summed E-state index contributed by atoms with van der Waals surface area (Å²) in [6.45, 7) is 3.36. The first-order chi connectivity index (χ1) is 5.26. The van der Waals surface area contributed by atoms with Gasteiger partial charge in [0.2, 0.25) is 0 Å². The summed E-state index contributed by atoms with van der Waals surface area (Å²) >= 11 is 0. The van der Waals surface area contributed by atoms with E-state index in [9.17, 15) is 4.79 Å². The first kappa shape index (κ1) is 10.1. The molecule has 62 valence electrons. The minimum absolute atomic E-state index is 0.225. The molecule has 1 N–H and O–H groups in total. The van der Waals surface area contributed by atoms with Gasteiger partial charge in [0.15, 0.2) is 5.78 Å². The van der Waals surface area contributed by atoms with E-state index in [4.69, 9.17) is 5.11 Å². The summed E-state index contributed by atoms with van der Waals surface area (Å²) in [4.78, 5) is 10.9. The second-order valence-corrected chi connectivity index (χ2v) is 2.14. The minimum atomic E-state index is -0.409. The summed E-state index contributed by atoms with van der Waals surface area (Å²) in [5.74, 6) is -0.225. The molecule has 0 aliphatic carbocycles. The third-order valence-corrected chi connectivity index (χ3v) is 1.31. The Morgan fingerprint density at radius 3 is 2.55 bits per heavy atom. The summed E-state index contributed by atoms with van der Waals surface area (Å²) in [6, 6.07) is 0. The topological polar surface area (TPSA) is 37.3 Å². The average molecular weight is 154 g/mol. The largest absolute Gasteiger partial charge is 0.388 e. The van der Waals surface area contributed by atoms with Crippen LogP contribution >= 0.6 is 0 Å². The van der Waals surface area contributed by atoms with E-state index in [2.05, 4.69) is 0 Å². The smallest absolute Gasteiger partial charge is 0.187 e. The van der Waals surface area contributed by atoms with Gasteiger partial charge in [-0.2, -0.15) is 0 Å². The maximum atomic E-state index is 10.9. The fraction of sp³-hybridized carbons (Fsp3) is 0.444. The predicted molar refractivity (Wildman–Crippen MR) is 45.3 cm³/mol. The molecular weight excluding hydrogens is 140 g/mol. The van der Waals surface area contributed by atoms with Gasteiger partial charge >= 0.3 is 0 Å². The van der Waals surface area contributed by atoms with Gasteiger partial charge in [0.05, 0.1) is 0 Å². The van der Waals surface area contributed by atoms with Crippen LogP contribution in [0.4, 0.5) is 0 Å². The fourth-order valence-electron chi connectivity index (χ4n) is 0.686. The van der Waals surface area contributed by atoms with Gasteiger partial charge in [0.25, 0.3) is 0 Å². The third kappa shape index (κ3) is 3.73. The zero-order valence-electron chi connectivity index (χ0n) is 7.00. The molecule has 0 aromatic heterocycles. The van der Waals surface area contributed by atoms with Crippen molar-refractivity contribution >= 4 is 5.78 Å². The van der Waals surface area contributed by atoms with Crippen LogP contribution in [0, 0.1) is 0 Å². The highest BCUT2D eigenvalue weighted by Crippen LogP contribution is 1.98. The Balaban J connectivity index is 4.19. The lowest BCUT2D eigenvalue weighted by atomic mass is 10.1. The van der Waals surface area contributed by atoms with Crippen LogP contribution in [0.3, 0.4) is 0 Å². The molecule has 0 unspecified atom stereocenters. The highest BCUT2D eigenvalue weighted by molar-refractivity contribution is 5.98. The Bertz CT molecular complexity index is 178. The van der Waals surface area contributed by atoms with E-state index >= 15 is 0 Å². The number of Topliss-reactive ketones (excluding diaryl/α,β-unsaturated/α-hetero) is 1. The Kier molecular flexibility index (Phi) is 5.39. The second-order valence-electron chi connectivity index (χ2n) is 2.14. The molecule has 0 fully saturated rings. The molecule has 0 radical (unpaired) electrons. The Hall–Kier alpha value is -0.890. The average Bonchev–Trinajstić information content (AvgIpc) is 2.05. The molecule has 0 rings (SSSR count). The first-order valence-corrected chi connectivity index (χ1v) is 3.73. The zero-order valence-corrected chi connectivity index (χ0v) is 7.00. The standard InChI is InChI=1S/C9H14O2/c1-3-5-6-8(4-2)9(11)7-10/h4-6,10H,3,7H2,1-2H3/b6-5-,8-4+. The minimum Gasteiger partial charge on any atom is -0.388 e. The molecule has 0 saturated carbocycles. The Labute approximate surface area is 67.2 Å². The Morgan fingerprint density at radius 1 is 1.55 bits per heavy atom.